The first-order valence-corrected chi connectivity index (χ1v) is 7.15. The normalized spacial score (nSPS) is 24.8. The van der Waals surface area contributed by atoms with E-state index in [2.05, 4.69) is 0 Å². The number of likely N-dealkylation sites (tertiary alicyclic amines) is 1. The summed E-state index contributed by atoms with van der Waals surface area (Å²) in [6.45, 7) is 6.47. The summed E-state index contributed by atoms with van der Waals surface area (Å²) >= 11 is 0. The number of carbonyl (C=O) groups excluding carboxylic acids is 1. The van der Waals surface area contributed by atoms with E-state index >= 15 is 0 Å². The average Bonchev–Trinajstić information content (AvgIpc) is 2.72. The Bertz CT molecular complexity index is 344. The number of hydrogen-bond acceptors (Lipinski definition) is 3. The largest absolute Gasteiger partial charge is 0.479 e. The SMILES string of the molecule is CCCC1(C(=O)O)CCCN1C(=O)[C@@H](N)CC(C)C. The van der Waals surface area contributed by atoms with Crippen LogP contribution < -0.4 is 5.73 Å². The molecule has 0 radical (unpaired) electrons. The molecule has 0 aromatic heterocycles. The third kappa shape index (κ3) is 3.26. The summed E-state index contributed by atoms with van der Waals surface area (Å²) in [5.41, 5.74) is 4.90. The fraction of sp³-hybridized carbons (Fsp3) is 0.857. The van der Waals surface area contributed by atoms with E-state index in [0.717, 1.165) is 12.8 Å². The van der Waals surface area contributed by atoms with Crippen molar-refractivity contribution >= 4 is 11.9 Å². The second-order valence-electron chi connectivity index (χ2n) is 5.92. The van der Waals surface area contributed by atoms with E-state index in [9.17, 15) is 14.7 Å². The van der Waals surface area contributed by atoms with Crippen LogP contribution in [0.2, 0.25) is 0 Å². The zero-order chi connectivity index (χ0) is 14.6. The highest BCUT2D eigenvalue weighted by molar-refractivity contribution is 5.90. The summed E-state index contributed by atoms with van der Waals surface area (Å²) in [6, 6.07) is -0.589. The summed E-state index contributed by atoms with van der Waals surface area (Å²) < 4.78 is 0. The minimum atomic E-state index is -1.03. The Labute approximate surface area is 115 Å². The van der Waals surface area contributed by atoms with E-state index in [1.807, 2.05) is 20.8 Å². The third-order valence-electron chi connectivity index (χ3n) is 3.86. The highest BCUT2D eigenvalue weighted by Gasteiger charge is 2.49. The van der Waals surface area contributed by atoms with Gasteiger partial charge in [0.1, 0.15) is 5.54 Å². The first-order valence-electron chi connectivity index (χ1n) is 7.15. The van der Waals surface area contributed by atoms with Gasteiger partial charge in [0, 0.05) is 6.54 Å². The molecule has 0 aromatic rings. The van der Waals surface area contributed by atoms with Crippen LogP contribution >= 0.6 is 0 Å². The van der Waals surface area contributed by atoms with Crippen LogP contribution in [0.5, 0.6) is 0 Å². The lowest BCUT2D eigenvalue weighted by atomic mass is 9.90. The topological polar surface area (TPSA) is 83.6 Å². The summed E-state index contributed by atoms with van der Waals surface area (Å²) in [7, 11) is 0. The molecule has 1 unspecified atom stereocenters. The van der Waals surface area contributed by atoms with E-state index in [4.69, 9.17) is 5.73 Å². The highest BCUT2D eigenvalue weighted by atomic mass is 16.4. The Morgan fingerprint density at radius 1 is 1.42 bits per heavy atom. The minimum Gasteiger partial charge on any atom is -0.479 e. The van der Waals surface area contributed by atoms with Crippen LogP contribution in [0.4, 0.5) is 0 Å². The number of carbonyl (C=O) groups is 2. The van der Waals surface area contributed by atoms with Crippen LogP contribution in [-0.4, -0.2) is 40.0 Å². The smallest absolute Gasteiger partial charge is 0.329 e. The number of carboxylic acids is 1. The van der Waals surface area contributed by atoms with Crippen molar-refractivity contribution in [2.24, 2.45) is 11.7 Å². The van der Waals surface area contributed by atoms with Gasteiger partial charge in [0.25, 0.3) is 0 Å². The second kappa shape index (κ2) is 6.37. The molecule has 0 aliphatic carbocycles. The zero-order valence-electron chi connectivity index (χ0n) is 12.2. The Hall–Kier alpha value is -1.10. The van der Waals surface area contributed by atoms with Crippen molar-refractivity contribution in [2.45, 2.75) is 64.5 Å². The lowest BCUT2D eigenvalue weighted by molar-refractivity contribution is -0.157. The molecule has 1 aliphatic rings. The van der Waals surface area contributed by atoms with Gasteiger partial charge in [-0.25, -0.2) is 4.79 Å². The van der Waals surface area contributed by atoms with Crippen LogP contribution in [0.25, 0.3) is 0 Å². The van der Waals surface area contributed by atoms with Crippen LogP contribution in [-0.2, 0) is 9.59 Å². The highest BCUT2D eigenvalue weighted by Crippen LogP contribution is 2.34. The van der Waals surface area contributed by atoms with Crippen molar-refractivity contribution in [3.05, 3.63) is 0 Å². The van der Waals surface area contributed by atoms with Gasteiger partial charge >= 0.3 is 5.97 Å². The quantitative estimate of drug-likeness (QED) is 0.768. The number of carboxylic acid groups (broad SMARTS) is 1. The minimum absolute atomic E-state index is 0.206. The predicted molar refractivity (Wildman–Crippen MR) is 73.7 cm³/mol. The molecule has 1 aliphatic heterocycles. The van der Waals surface area contributed by atoms with Gasteiger partial charge < -0.3 is 15.7 Å². The molecular formula is C14H26N2O3. The average molecular weight is 270 g/mol. The van der Waals surface area contributed by atoms with Gasteiger partial charge in [-0.3, -0.25) is 4.79 Å². The summed E-state index contributed by atoms with van der Waals surface area (Å²) in [5, 5.41) is 9.54. The lowest BCUT2D eigenvalue weighted by Crippen LogP contribution is -2.57. The van der Waals surface area contributed by atoms with Crippen LogP contribution in [0.15, 0.2) is 0 Å². The Balaban J connectivity index is 2.90. The maximum atomic E-state index is 12.4. The fourth-order valence-electron chi connectivity index (χ4n) is 3.01. The van der Waals surface area contributed by atoms with Crippen molar-refractivity contribution in [3.8, 4) is 0 Å². The van der Waals surface area contributed by atoms with Crippen molar-refractivity contribution in [1.82, 2.24) is 4.90 Å². The van der Waals surface area contributed by atoms with Gasteiger partial charge in [-0.1, -0.05) is 27.2 Å². The first kappa shape index (κ1) is 16.0. The van der Waals surface area contributed by atoms with E-state index in [1.54, 1.807) is 0 Å². The molecule has 2 atom stereocenters. The van der Waals surface area contributed by atoms with Crippen molar-refractivity contribution in [2.75, 3.05) is 6.54 Å². The molecule has 0 saturated carbocycles. The first-order chi connectivity index (χ1) is 8.85. The number of hydrogen-bond donors (Lipinski definition) is 2. The maximum absolute atomic E-state index is 12.4. The van der Waals surface area contributed by atoms with Gasteiger partial charge in [-0.2, -0.15) is 0 Å². The van der Waals surface area contributed by atoms with Crippen LogP contribution in [0, 0.1) is 5.92 Å². The Morgan fingerprint density at radius 2 is 2.05 bits per heavy atom. The lowest BCUT2D eigenvalue weighted by Gasteiger charge is -2.36. The second-order valence-corrected chi connectivity index (χ2v) is 5.92. The molecule has 3 N–H and O–H groups in total. The summed E-state index contributed by atoms with van der Waals surface area (Å²) in [5.74, 6) is -0.772. The molecule has 19 heavy (non-hydrogen) atoms. The Morgan fingerprint density at radius 3 is 2.53 bits per heavy atom. The molecule has 5 nitrogen and oxygen atoms in total. The summed E-state index contributed by atoms with van der Waals surface area (Å²) in [4.78, 5) is 25.6. The number of aliphatic carboxylic acids is 1. The van der Waals surface area contributed by atoms with Crippen molar-refractivity contribution in [3.63, 3.8) is 0 Å². The molecule has 0 bridgehead atoms. The molecular weight excluding hydrogens is 244 g/mol. The fourth-order valence-corrected chi connectivity index (χ4v) is 3.01. The van der Waals surface area contributed by atoms with E-state index in [0.29, 0.717) is 31.7 Å². The molecule has 5 heteroatoms. The molecule has 110 valence electrons. The van der Waals surface area contributed by atoms with E-state index in [1.165, 1.54) is 4.90 Å². The molecule has 0 spiro atoms. The Kier molecular flexibility index (Phi) is 5.35. The third-order valence-corrected chi connectivity index (χ3v) is 3.86. The van der Waals surface area contributed by atoms with Crippen LogP contribution in [0.3, 0.4) is 0 Å². The van der Waals surface area contributed by atoms with Gasteiger partial charge in [-0.05, 0) is 31.6 Å². The number of nitrogens with zero attached hydrogens (tertiary/aromatic N) is 1. The van der Waals surface area contributed by atoms with E-state index < -0.39 is 17.6 Å². The maximum Gasteiger partial charge on any atom is 0.329 e. The number of nitrogens with two attached hydrogens (primary N) is 1. The van der Waals surface area contributed by atoms with Gasteiger partial charge in [0.15, 0.2) is 0 Å². The number of amides is 1. The van der Waals surface area contributed by atoms with E-state index in [-0.39, 0.29) is 5.91 Å². The molecule has 1 rings (SSSR count). The van der Waals surface area contributed by atoms with Crippen LogP contribution in [0.1, 0.15) is 52.9 Å². The molecule has 1 heterocycles. The summed E-state index contributed by atoms with van der Waals surface area (Å²) in [6.07, 6.45) is 3.12. The van der Waals surface area contributed by atoms with Gasteiger partial charge in [-0.15, -0.1) is 0 Å². The number of rotatable bonds is 6. The monoisotopic (exact) mass is 270 g/mol. The standard InChI is InChI=1S/C14H26N2O3/c1-4-6-14(13(18)19)7-5-8-16(14)12(17)11(15)9-10(2)3/h10-11H,4-9,15H2,1-3H3,(H,18,19)/t11-,14?/m0/s1. The molecule has 1 amide bonds. The molecule has 1 fully saturated rings. The molecule has 0 aromatic carbocycles. The van der Waals surface area contributed by atoms with Gasteiger partial charge in [0.05, 0.1) is 6.04 Å². The van der Waals surface area contributed by atoms with Crippen molar-refractivity contribution < 1.29 is 14.7 Å². The van der Waals surface area contributed by atoms with Gasteiger partial charge in [0.2, 0.25) is 5.91 Å². The van der Waals surface area contributed by atoms with Crippen molar-refractivity contribution in [1.29, 1.82) is 0 Å². The zero-order valence-corrected chi connectivity index (χ0v) is 12.2. The predicted octanol–water partition coefficient (Wildman–Crippen LogP) is 1.61. The molecule has 1 saturated heterocycles.